The highest BCUT2D eigenvalue weighted by Gasteiger charge is 2.26. The van der Waals surface area contributed by atoms with Gasteiger partial charge in [-0.1, -0.05) is 0 Å². The molecule has 2 aromatic rings. The number of furan rings is 1. The van der Waals surface area contributed by atoms with Crippen molar-refractivity contribution in [2.45, 2.75) is 24.5 Å². The lowest BCUT2D eigenvalue weighted by molar-refractivity contribution is 0.0779. The van der Waals surface area contributed by atoms with Gasteiger partial charge in [0.25, 0.3) is 10.0 Å². The summed E-state index contributed by atoms with van der Waals surface area (Å²) in [5.41, 5.74) is -0.596. The van der Waals surface area contributed by atoms with Gasteiger partial charge in [-0.3, -0.25) is 0 Å². The number of hydrogen-bond donors (Lipinski definition) is 3. The van der Waals surface area contributed by atoms with Crippen LogP contribution in [0.4, 0.5) is 10.5 Å². The monoisotopic (exact) mass is 354 g/mol. The molecule has 0 aliphatic carbocycles. The fourth-order valence-corrected chi connectivity index (χ4v) is 2.63. The van der Waals surface area contributed by atoms with E-state index >= 15 is 0 Å². The van der Waals surface area contributed by atoms with Gasteiger partial charge < -0.3 is 19.6 Å². The average molecular weight is 354 g/mol. The van der Waals surface area contributed by atoms with E-state index in [1.54, 1.807) is 24.3 Å². The zero-order valence-corrected chi connectivity index (χ0v) is 14.2. The summed E-state index contributed by atoms with van der Waals surface area (Å²) >= 11 is 0. The minimum absolute atomic E-state index is 0.276. The summed E-state index contributed by atoms with van der Waals surface area (Å²) in [5, 5.41) is 11.7. The molecule has 2 amide bonds. The molecule has 0 atom stereocenters. The SMILES string of the molecule is COc1ccc(NC(=O)NS(=O)(=O)c2cc(C(C)(C)O)co2)cc1. The molecule has 130 valence electrons. The third kappa shape index (κ3) is 4.27. The maximum Gasteiger partial charge on any atom is 0.333 e. The Hall–Kier alpha value is -2.52. The molecule has 2 rings (SSSR count). The number of ether oxygens (including phenoxy) is 1. The molecule has 0 aliphatic heterocycles. The van der Waals surface area contributed by atoms with Gasteiger partial charge in [0.15, 0.2) is 0 Å². The third-order valence-corrected chi connectivity index (χ3v) is 4.32. The quantitative estimate of drug-likeness (QED) is 0.756. The predicted molar refractivity (Wildman–Crippen MR) is 86.3 cm³/mol. The van der Waals surface area contributed by atoms with Crippen molar-refractivity contribution in [3.8, 4) is 5.75 Å². The first-order valence-electron chi connectivity index (χ1n) is 6.91. The molecule has 0 saturated carbocycles. The average Bonchev–Trinajstić information content (AvgIpc) is 2.98. The normalized spacial score (nSPS) is 11.8. The van der Waals surface area contributed by atoms with Gasteiger partial charge in [0.1, 0.15) is 5.75 Å². The van der Waals surface area contributed by atoms with Crippen LogP contribution >= 0.6 is 0 Å². The number of sulfonamides is 1. The molecule has 1 heterocycles. The number of aliphatic hydroxyl groups is 1. The molecule has 0 saturated heterocycles. The van der Waals surface area contributed by atoms with Gasteiger partial charge in [-0.25, -0.2) is 9.52 Å². The van der Waals surface area contributed by atoms with Gasteiger partial charge in [0, 0.05) is 17.3 Å². The van der Waals surface area contributed by atoms with E-state index in [2.05, 4.69) is 5.32 Å². The van der Waals surface area contributed by atoms with E-state index in [1.807, 2.05) is 4.72 Å². The fourth-order valence-electron chi connectivity index (χ4n) is 1.78. The second-order valence-electron chi connectivity index (χ2n) is 5.50. The van der Waals surface area contributed by atoms with Crippen molar-refractivity contribution in [3.05, 3.63) is 42.2 Å². The number of carbonyl (C=O) groups is 1. The molecular formula is C15H18N2O6S. The molecule has 3 N–H and O–H groups in total. The van der Waals surface area contributed by atoms with E-state index in [-0.39, 0.29) is 5.56 Å². The summed E-state index contributed by atoms with van der Waals surface area (Å²) in [7, 11) is -2.69. The van der Waals surface area contributed by atoms with E-state index in [4.69, 9.17) is 9.15 Å². The Morgan fingerprint density at radius 2 is 1.88 bits per heavy atom. The highest BCUT2D eigenvalue weighted by molar-refractivity contribution is 7.89. The van der Waals surface area contributed by atoms with Crippen molar-refractivity contribution < 1.29 is 27.5 Å². The highest BCUT2D eigenvalue weighted by atomic mass is 32.2. The van der Waals surface area contributed by atoms with Crippen LogP contribution in [0.5, 0.6) is 5.75 Å². The van der Waals surface area contributed by atoms with Gasteiger partial charge in [0.2, 0.25) is 5.09 Å². The largest absolute Gasteiger partial charge is 0.497 e. The first-order chi connectivity index (χ1) is 11.1. The Bertz CT molecular complexity index is 818. The van der Waals surface area contributed by atoms with Crippen molar-refractivity contribution in [1.29, 1.82) is 0 Å². The summed E-state index contributed by atoms with van der Waals surface area (Å²) in [5.74, 6) is 0.600. The number of rotatable bonds is 5. The summed E-state index contributed by atoms with van der Waals surface area (Å²) in [6.45, 7) is 2.97. The van der Waals surface area contributed by atoms with Gasteiger partial charge in [0.05, 0.1) is 19.0 Å². The number of nitrogens with one attached hydrogen (secondary N) is 2. The molecule has 0 bridgehead atoms. The zero-order chi connectivity index (χ0) is 18.0. The number of carbonyl (C=O) groups excluding carboxylic acids is 1. The standard InChI is InChI=1S/C15H18N2O6S/c1-15(2,19)10-8-13(23-9-10)24(20,21)17-14(18)16-11-4-6-12(22-3)7-5-11/h4-9,19H,1-3H3,(H2,16,17,18). The van der Waals surface area contributed by atoms with Crippen LogP contribution in [0, 0.1) is 0 Å². The number of benzene rings is 1. The smallest absolute Gasteiger partial charge is 0.333 e. The first kappa shape index (κ1) is 17.8. The second-order valence-corrected chi connectivity index (χ2v) is 7.11. The van der Waals surface area contributed by atoms with Gasteiger partial charge >= 0.3 is 6.03 Å². The molecular weight excluding hydrogens is 336 g/mol. The topological polar surface area (TPSA) is 118 Å². The van der Waals surface area contributed by atoms with Crippen molar-refractivity contribution in [3.63, 3.8) is 0 Å². The molecule has 0 fully saturated rings. The van der Waals surface area contributed by atoms with E-state index < -0.39 is 26.7 Å². The van der Waals surface area contributed by atoms with Crippen LogP contribution in [0.15, 0.2) is 46.1 Å². The molecule has 0 unspecified atom stereocenters. The molecule has 9 heteroatoms. The lowest BCUT2D eigenvalue weighted by atomic mass is 10.0. The maximum atomic E-state index is 12.1. The predicted octanol–water partition coefficient (Wildman–Crippen LogP) is 2.03. The maximum absolute atomic E-state index is 12.1. The van der Waals surface area contributed by atoms with Crippen LogP contribution in [-0.2, 0) is 15.6 Å². The Morgan fingerprint density at radius 3 is 2.38 bits per heavy atom. The first-order valence-corrected chi connectivity index (χ1v) is 8.39. The summed E-state index contributed by atoms with van der Waals surface area (Å²) in [6.07, 6.45) is 1.12. The number of hydrogen-bond acceptors (Lipinski definition) is 6. The van der Waals surface area contributed by atoms with Crippen LogP contribution in [0.3, 0.4) is 0 Å². The molecule has 1 aromatic carbocycles. The zero-order valence-electron chi connectivity index (χ0n) is 13.4. The van der Waals surface area contributed by atoms with Gasteiger partial charge in [-0.05, 0) is 38.1 Å². The highest BCUT2D eigenvalue weighted by Crippen LogP contribution is 2.24. The van der Waals surface area contributed by atoms with Crippen LogP contribution in [0.25, 0.3) is 0 Å². The second kappa shape index (κ2) is 6.54. The lowest BCUT2D eigenvalue weighted by Crippen LogP contribution is -2.34. The summed E-state index contributed by atoms with van der Waals surface area (Å²) in [4.78, 5) is 11.8. The molecule has 24 heavy (non-hydrogen) atoms. The number of urea groups is 1. The van der Waals surface area contributed by atoms with Gasteiger partial charge in [-0.2, -0.15) is 8.42 Å². The van der Waals surface area contributed by atoms with Crippen LogP contribution in [-0.4, -0.2) is 26.7 Å². The van der Waals surface area contributed by atoms with Crippen LogP contribution in [0.2, 0.25) is 0 Å². The molecule has 0 spiro atoms. The lowest BCUT2D eigenvalue weighted by Gasteiger charge is -2.13. The van der Waals surface area contributed by atoms with Crippen LogP contribution in [0.1, 0.15) is 19.4 Å². The number of anilines is 1. The van der Waals surface area contributed by atoms with Gasteiger partial charge in [-0.15, -0.1) is 0 Å². The van der Waals surface area contributed by atoms with Crippen molar-refractivity contribution in [2.75, 3.05) is 12.4 Å². The van der Waals surface area contributed by atoms with Crippen molar-refractivity contribution in [2.24, 2.45) is 0 Å². The van der Waals surface area contributed by atoms with E-state index in [0.29, 0.717) is 11.4 Å². The Kier molecular flexibility index (Phi) is 4.86. The fraction of sp³-hybridized carbons (Fsp3) is 0.267. The van der Waals surface area contributed by atoms with Crippen molar-refractivity contribution >= 4 is 21.7 Å². The third-order valence-electron chi connectivity index (χ3n) is 3.12. The molecule has 8 nitrogen and oxygen atoms in total. The molecule has 0 radical (unpaired) electrons. The Morgan fingerprint density at radius 1 is 1.25 bits per heavy atom. The summed E-state index contributed by atoms with van der Waals surface area (Å²) < 4.78 is 36.0. The van der Waals surface area contributed by atoms with Crippen molar-refractivity contribution in [1.82, 2.24) is 4.72 Å². The molecule has 0 aliphatic rings. The van der Waals surface area contributed by atoms with E-state index in [0.717, 1.165) is 12.3 Å². The van der Waals surface area contributed by atoms with Crippen LogP contribution < -0.4 is 14.8 Å². The van der Waals surface area contributed by atoms with E-state index in [1.165, 1.54) is 21.0 Å². The Labute approximate surface area is 139 Å². The minimum atomic E-state index is -4.20. The van der Waals surface area contributed by atoms with E-state index in [9.17, 15) is 18.3 Å². The number of methoxy groups -OCH3 is 1. The minimum Gasteiger partial charge on any atom is -0.497 e. The summed E-state index contributed by atoms with van der Waals surface area (Å²) in [6, 6.07) is 6.57. The Balaban J connectivity index is 2.07. The number of amides is 2. The molecule has 1 aromatic heterocycles.